The highest BCUT2D eigenvalue weighted by atomic mass is 32.2. The Kier molecular flexibility index (Phi) is 4.21. The number of aryl methyl sites for hydroxylation is 1. The van der Waals surface area contributed by atoms with Gasteiger partial charge in [0.1, 0.15) is 11.5 Å². The zero-order valence-electron chi connectivity index (χ0n) is 12.6. The first-order valence-electron chi connectivity index (χ1n) is 6.99. The quantitative estimate of drug-likeness (QED) is 0.674. The Morgan fingerprint density at radius 1 is 1.24 bits per heavy atom. The molecule has 0 bridgehead atoms. The summed E-state index contributed by atoms with van der Waals surface area (Å²) in [6, 6.07) is 8.60. The molecule has 2 aromatic rings. The maximum Gasteiger partial charge on any atom is 0.360 e. The molecule has 0 spiro atoms. The van der Waals surface area contributed by atoms with Gasteiger partial charge in [-0.15, -0.1) is 0 Å². The maximum atomic E-state index is 13.6. The van der Waals surface area contributed by atoms with Crippen LogP contribution < -0.4 is 4.74 Å². The lowest BCUT2D eigenvalue weighted by atomic mass is 10.0. The van der Waals surface area contributed by atoms with Gasteiger partial charge in [-0.3, -0.25) is 4.79 Å². The number of alkyl halides is 4. The predicted octanol–water partition coefficient (Wildman–Crippen LogP) is 5.48. The molecule has 0 unspecified atom stereocenters. The number of thioether (sulfide) groups is 1. The van der Waals surface area contributed by atoms with Crippen molar-refractivity contribution in [1.29, 1.82) is 5.26 Å². The maximum absolute atomic E-state index is 13.6. The second-order valence-electron chi connectivity index (χ2n) is 5.35. The Bertz CT molecular complexity index is 922. The van der Waals surface area contributed by atoms with Crippen molar-refractivity contribution < 1.29 is 27.1 Å². The molecule has 1 heterocycles. The third kappa shape index (κ3) is 3.07. The number of halogens is 4. The average Bonchev–Trinajstić information content (AvgIpc) is 2.76. The number of benzene rings is 2. The Morgan fingerprint density at radius 2 is 1.96 bits per heavy atom. The lowest BCUT2D eigenvalue weighted by Crippen LogP contribution is -2.19. The molecule has 0 aromatic heterocycles. The van der Waals surface area contributed by atoms with Crippen LogP contribution in [0.15, 0.2) is 35.2 Å². The monoisotopic (exact) mass is 367 g/mol. The fourth-order valence-electron chi connectivity index (χ4n) is 2.53. The summed E-state index contributed by atoms with van der Waals surface area (Å²) in [5.41, 5.74) is -0.664. The molecule has 25 heavy (non-hydrogen) atoms. The van der Waals surface area contributed by atoms with Gasteiger partial charge >= 0.3 is 5.25 Å². The second kappa shape index (κ2) is 6.08. The van der Waals surface area contributed by atoms with Crippen molar-refractivity contribution in [2.45, 2.75) is 23.5 Å². The predicted molar refractivity (Wildman–Crippen MR) is 82.5 cm³/mol. The van der Waals surface area contributed by atoms with Crippen LogP contribution in [0, 0.1) is 18.3 Å². The van der Waals surface area contributed by atoms with Crippen molar-refractivity contribution in [3.05, 3.63) is 52.6 Å². The van der Waals surface area contributed by atoms with Gasteiger partial charge in [-0.05, 0) is 54.6 Å². The summed E-state index contributed by atoms with van der Waals surface area (Å²) in [5.74, 6) is -1.95. The molecule has 0 amide bonds. The van der Waals surface area contributed by atoms with Crippen LogP contribution in [-0.4, -0.2) is 11.0 Å². The molecule has 128 valence electrons. The van der Waals surface area contributed by atoms with Crippen molar-refractivity contribution in [3.8, 4) is 17.6 Å². The van der Waals surface area contributed by atoms with Crippen LogP contribution in [0.2, 0.25) is 0 Å². The molecule has 8 heteroatoms. The van der Waals surface area contributed by atoms with E-state index in [2.05, 4.69) is 0 Å². The van der Waals surface area contributed by atoms with Crippen molar-refractivity contribution in [1.82, 2.24) is 0 Å². The lowest BCUT2D eigenvalue weighted by molar-refractivity contribution is 0.0574. The van der Waals surface area contributed by atoms with Gasteiger partial charge in [0.25, 0.3) is 6.43 Å². The Hall–Kier alpha value is -2.53. The summed E-state index contributed by atoms with van der Waals surface area (Å²) in [5, 5.41) is 5.18. The Morgan fingerprint density at radius 3 is 2.60 bits per heavy atom. The van der Waals surface area contributed by atoms with Gasteiger partial charge in [-0.1, -0.05) is 0 Å². The van der Waals surface area contributed by atoms with E-state index in [1.54, 1.807) is 13.0 Å². The molecular weight excluding hydrogens is 358 g/mol. The summed E-state index contributed by atoms with van der Waals surface area (Å²) in [4.78, 5) is 11.6. The smallest absolute Gasteiger partial charge is 0.360 e. The van der Waals surface area contributed by atoms with E-state index < -0.39 is 34.3 Å². The third-order valence-corrected chi connectivity index (χ3v) is 4.52. The number of carbonyl (C=O) groups excluding carboxylic acids is 1. The van der Waals surface area contributed by atoms with Crippen molar-refractivity contribution >= 4 is 17.5 Å². The number of nitriles is 1. The molecule has 0 saturated carbocycles. The molecule has 0 aliphatic carbocycles. The van der Waals surface area contributed by atoms with Crippen molar-refractivity contribution in [2.24, 2.45) is 0 Å². The highest BCUT2D eigenvalue weighted by molar-refractivity contribution is 8.01. The minimum Gasteiger partial charge on any atom is -0.457 e. The van der Waals surface area contributed by atoms with E-state index in [4.69, 9.17) is 10.00 Å². The highest BCUT2D eigenvalue weighted by Gasteiger charge is 2.50. The molecule has 0 N–H and O–H groups in total. The van der Waals surface area contributed by atoms with Crippen LogP contribution >= 0.6 is 11.8 Å². The molecule has 0 radical (unpaired) electrons. The van der Waals surface area contributed by atoms with Gasteiger partial charge in [-0.25, -0.2) is 8.78 Å². The van der Waals surface area contributed by atoms with Gasteiger partial charge in [-0.2, -0.15) is 14.0 Å². The number of fused-ring (bicyclic) bond motifs is 1. The zero-order valence-corrected chi connectivity index (χ0v) is 13.5. The molecular formula is C17H9F4NO2S. The fourth-order valence-corrected chi connectivity index (χ4v) is 3.45. The number of nitrogens with zero attached hydrogens (tertiary/aromatic N) is 1. The number of Topliss-reactive ketones (excluding diaryl/α,β-unsaturated/α-hetero) is 1. The van der Waals surface area contributed by atoms with E-state index in [0.29, 0.717) is 5.56 Å². The summed E-state index contributed by atoms with van der Waals surface area (Å²) >= 11 is -0.0583. The number of rotatable bonds is 3. The van der Waals surface area contributed by atoms with Gasteiger partial charge in [0.05, 0.1) is 22.8 Å². The fraction of sp³-hybridized carbons (Fsp3) is 0.176. The standard InChI is InChI=1S/C17H9F4NO2S/c1-8-4-9(7-22)6-10(5-8)24-11-2-3-12-14(13(11)16(18)19)15(23)17(20,21)25-12/h2-6,16H,1H3. The Balaban J connectivity index is 2.11. The lowest BCUT2D eigenvalue weighted by Gasteiger charge is -2.14. The highest BCUT2D eigenvalue weighted by Crippen LogP contribution is 2.51. The first kappa shape index (κ1) is 17.3. The van der Waals surface area contributed by atoms with Crippen molar-refractivity contribution in [2.75, 3.05) is 0 Å². The van der Waals surface area contributed by atoms with Crippen molar-refractivity contribution in [3.63, 3.8) is 0 Å². The van der Waals surface area contributed by atoms with Crippen LogP contribution in [0.25, 0.3) is 0 Å². The number of carbonyl (C=O) groups is 1. The summed E-state index contributed by atoms with van der Waals surface area (Å²) < 4.78 is 59.5. The topological polar surface area (TPSA) is 50.1 Å². The number of hydrogen-bond donors (Lipinski definition) is 0. The zero-order chi connectivity index (χ0) is 18.4. The first-order valence-corrected chi connectivity index (χ1v) is 7.81. The van der Waals surface area contributed by atoms with E-state index in [-0.39, 0.29) is 28.0 Å². The minimum atomic E-state index is -3.78. The number of hydrogen-bond acceptors (Lipinski definition) is 4. The molecule has 2 aromatic carbocycles. The molecule has 0 fully saturated rings. The average molecular weight is 367 g/mol. The van der Waals surface area contributed by atoms with Crippen LogP contribution in [0.5, 0.6) is 11.5 Å². The van der Waals surface area contributed by atoms with Crippen LogP contribution in [0.4, 0.5) is 17.6 Å². The van der Waals surface area contributed by atoms with E-state index in [1.165, 1.54) is 12.1 Å². The summed E-state index contributed by atoms with van der Waals surface area (Å²) in [6.45, 7) is 1.69. The van der Waals surface area contributed by atoms with E-state index >= 15 is 0 Å². The van der Waals surface area contributed by atoms with Gasteiger partial charge in [0.15, 0.2) is 0 Å². The normalized spacial score (nSPS) is 15.2. The van der Waals surface area contributed by atoms with E-state index in [0.717, 1.165) is 12.1 Å². The first-order chi connectivity index (χ1) is 11.7. The molecule has 3 nitrogen and oxygen atoms in total. The molecule has 1 aliphatic heterocycles. The minimum absolute atomic E-state index is 0.0583. The molecule has 0 saturated heterocycles. The molecule has 1 aliphatic rings. The molecule has 0 atom stereocenters. The summed E-state index contributed by atoms with van der Waals surface area (Å²) in [7, 11) is 0. The van der Waals surface area contributed by atoms with E-state index in [1.807, 2.05) is 6.07 Å². The largest absolute Gasteiger partial charge is 0.457 e. The van der Waals surface area contributed by atoms with Crippen LogP contribution in [0.3, 0.4) is 0 Å². The number of ketones is 1. The Labute approximate surface area is 144 Å². The van der Waals surface area contributed by atoms with Gasteiger partial charge in [0, 0.05) is 4.90 Å². The van der Waals surface area contributed by atoms with E-state index in [9.17, 15) is 22.4 Å². The SMILES string of the molecule is Cc1cc(C#N)cc(Oc2ccc3c(c2C(F)F)C(=O)C(F)(F)S3)c1. The third-order valence-electron chi connectivity index (χ3n) is 3.52. The van der Waals surface area contributed by atoms with Gasteiger partial charge in [0.2, 0.25) is 5.78 Å². The van der Waals surface area contributed by atoms with Crippen LogP contribution in [0.1, 0.15) is 33.5 Å². The van der Waals surface area contributed by atoms with Gasteiger partial charge < -0.3 is 4.74 Å². The number of ether oxygens (including phenoxy) is 1. The molecule has 3 rings (SSSR count). The second-order valence-corrected chi connectivity index (χ2v) is 6.50. The van der Waals surface area contributed by atoms with Crippen LogP contribution in [-0.2, 0) is 0 Å². The summed E-state index contributed by atoms with van der Waals surface area (Å²) in [6.07, 6.45) is -3.18.